The van der Waals surface area contributed by atoms with Crippen LogP contribution in [0.15, 0.2) is 120 Å². The van der Waals surface area contributed by atoms with Gasteiger partial charge in [0.1, 0.15) is 12.3 Å². The lowest BCUT2D eigenvalue weighted by Gasteiger charge is -2.40. The van der Waals surface area contributed by atoms with Gasteiger partial charge in [0, 0.05) is 26.2 Å². The van der Waals surface area contributed by atoms with Crippen LogP contribution in [0.2, 0.25) is 0 Å². The fourth-order valence-electron chi connectivity index (χ4n) is 5.12. The number of ether oxygens (including phenoxy) is 1. The number of hydrogen-bond acceptors (Lipinski definition) is 5. The number of para-hydroxylation sites is 1. The zero-order chi connectivity index (χ0) is 28.0. The molecule has 0 aliphatic carbocycles. The molecule has 1 saturated heterocycles. The van der Waals surface area contributed by atoms with Crippen LogP contribution in [-0.4, -0.2) is 64.0 Å². The summed E-state index contributed by atoms with van der Waals surface area (Å²) < 4.78 is 33.8. The van der Waals surface area contributed by atoms with Gasteiger partial charge in [-0.2, -0.15) is 0 Å². The van der Waals surface area contributed by atoms with Gasteiger partial charge < -0.3 is 9.64 Å². The molecular formula is C32H33N3O4S. The summed E-state index contributed by atoms with van der Waals surface area (Å²) in [6.07, 6.45) is 0. The van der Waals surface area contributed by atoms with Crippen LogP contribution >= 0.6 is 0 Å². The summed E-state index contributed by atoms with van der Waals surface area (Å²) in [4.78, 5) is 17.8. The molecule has 0 N–H and O–H groups in total. The van der Waals surface area contributed by atoms with Crippen LogP contribution in [0, 0.1) is 0 Å². The molecule has 40 heavy (non-hydrogen) atoms. The lowest BCUT2D eigenvalue weighted by molar-refractivity contribution is -0.131. The number of methoxy groups -OCH3 is 1. The smallest absolute Gasteiger partial charge is 0.264 e. The summed E-state index contributed by atoms with van der Waals surface area (Å²) in [5, 5.41) is 0. The summed E-state index contributed by atoms with van der Waals surface area (Å²) in [6, 6.07) is 35.8. The SMILES string of the molecule is COc1ccc(S(=O)(=O)N(CC(=O)N2CCN(C(c3ccccc3)c3ccccc3)CC2)c2ccccc2)cc1. The Morgan fingerprint density at radius 3 is 1.75 bits per heavy atom. The number of rotatable bonds is 9. The molecule has 1 fully saturated rings. The molecule has 206 valence electrons. The van der Waals surface area contributed by atoms with Gasteiger partial charge >= 0.3 is 0 Å². The van der Waals surface area contributed by atoms with E-state index >= 15 is 0 Å². The normalized spacial score (nSPS) is 14.2. The Morgan fingerprint density at radius 2 is 1.25 bits per heavy atom. The first-order chi connectivity index (χ1) is 19.5. The van der Waals surface area contributed by atoms with Crippen LogP contribution in [0.25, 0.3) is 0 Å². The second-order valence-electron chi connectivity index (χ2n) is 9.66. The molecule has 0 aromatic heterocycles. The van der Waals surface area contributed by atoms with E-state index in [4.69, 9.17) is 4.74 Å². The maximum absolute atomic E-state index is 13.7. The second-order valence-corrected chi connectivity index (χ2v) is 11.5. The lowest BCUT2D eigenvalue weighted by Crippen LogP contribution is -2.52. The van der Waals surface area contributed by atoms with Gasteiger partial charge in [0.05, 0.1) is 23.7 Å². The average Bonchev–Trinajstić information content (AvgIpc) is 3.01. The van der Waals surface area contributed by atoms with Crippen LogP contribution in [0.4, 0.5) is 5.69 Å². The Balaban J connectivity index is 1.33. The zero-order valence-electron chi connectivity index (χ0n) is 22.5. The Bertz CT molecular complexity index is 1450. The van der Waals surface area contributed by atoms with Gasteiger partial charge in [0.2, 0.25) is 5.91 Å². The highest BCUT2D eigenvalue weighted by Crippen LogP contribution is 2.30. The number of carbonyl (C=O) groups excluding carboxylic acids is 1. The minimum absolute atomic E-state index is 0.0796. The van der Waals surface area contributed by atoms with E-state index in [0.29, 0.717) is 37.6 Å². The Labute approximate surface area is 236 Å². The van der Waals surface area contributed by atoms with Crippen molar-refractivity contribution in [2.45, 2.75) is 10.9 Å². The van der Waals surface area contributed by atoms with E-state index in [1.165, 1.54) is 34.7 Å². The number of carbonyl (C=O) groups is 1. The van der Waals surface area contributed by atoms with Crippen LogP contribution in [0.3, 0.4) is 0 Å². The molecular weight excluding hydrogens is 522 g/mol. The molecule has 1 aliphatic rings. The first kappa shape index (κ1) is 27.4. The molecule has 4 aromatic rings. The van der Waals surface area contributed by atoms with Gasteiger partial charge in [0.15, 0.2) is 0 Å². The van der Waals surface area contributed by atoms with Crippen LogP contribution in [0.1, 0.15) is 17.2 Å². The lowest BCUT2D eigenvalue weighted by atomic mass is 9.96. The van der Waals surface area contributed by atoms with E-state index in [1.54, 1.807) is 41.3 Å². The monoisotopic (exact) mass is 555 g/mol. The molecule has 1 aliphatic heterocycles. The highest BCUT2D eigenvalue weighted by molar-refractivity contribution is 7.92. The molecule has 1 heterocycles. The predicted molar refractivity (Wildman–Crippen MR) is 157 cm³/mol. The predicted octanol–water partition coefficient (Wildman–Crippen LogP) is 4.82. The summed E-state index contributed by atoms with van der Waals surface area (Å²) in [5.74, 6) is 0.333. The summed E-state index contributed by atoms with van der Waals surface area (Å²) in [5.41, 5.74) is 2.85. The third kappa shape index (κ3) is 6.03. The quantitative estimate of drug-likeness (QED) is 0.296. The van der Waals surface area contributed by atoms with E-state index in [1.807, 2.05) is 42.5 Å². The van der Waals surface area contributed by atoms with Crippen molar-refractivity contribution in [2.24, 2.45) is 0 Å². The fourth-order valence-corrected chi connectivity index (χ4v) is 6.54. The van der Waals surface area contributed by atoms with Gasteiger partial charge in [-0.1, -0.05) is 78.9 Å². The Kier molecular flexibility index (Phi) is 8.48. The van der Waals surface area contributed by atoms with Crippen molar-refractivity contribution >= 4 is 21.6 Å². The molecule has 4 aromatic carbocycles. The van der Waals surface area contributed by atoms with E-state index in [9.17, 15) is 13.2 Å². The topological polar surface area (TPSA) is 70.2 Å². The van der Waals surface area contributed by atoms with Crippen molar-refractivity contribution in [3.05, 3.63) is 126 Å². The van der Waals surface area contributed by atoms with Crippen molar-refractivity contribution in [2.75, 3.05) is 44.1 Å². The fraction of sp³-hybridized carbons (Fsp3) is 0.219. The molecule has 0 unspecified atom stereocenters. The maximum Gasteiger partial charge on any atom is 0.264 e. The average molecular weight is 556 g/mol. The number of nitrogens with zero attached hydrogens (tertiary/aromatic N) is 3. The van der Waals surface area contributed by atoms with Gasteiger partial charge in [0.25, 0.3) is 10.0 Å². The standard InChI is InChI=1S/C32H33N3O4S/c1-39-29-17-19-30(20-18-29)40(37,38)35(28-15-9-4-10-16-28)25-31(36)33-21-23-34(24-22-33)32(26-11-5-2-6-12-26)27-13-7-3-8-14-27/h2-20,32H,21-25H2,1H3. The number of sulfonamides is 1. The molecule has 0 radical (unpaired) electrons. The van der Waals surface area contributed by atoms with Gasteiger partial charge in [-0.05, 0) is 47.5 Å². The summed E-state index contributed by atoms with van der Waals surface area (Å²) >= 11 is 0. The Hall–Kier alpha value is -4.14. The van der Waals surface area contributed by atoms with Crippen LogP contribution in [0.5, 0.6) is 5.75 Å². The number of benzene rings is 4. The van der Waals surface area contributed by atoms with Crippen LogP contribution < -0.4 is 9.04 Å². The van der Waals surface area contributed by atoms with E-state index in [-0.39, 0.29) is 23.4 Å². The second kappa shape index (κ2) is 12.4. The molecule has 8 heteroatoms. The summed E-state index contributed by atoms with van der Waals surface area (Å²) in [7, 11) is -2.46. The largest absolute Gasteiger partial charge is 0.497 e. The minimum atomic E-state index is -3.99. The molecule has 1 amide bonds. The van der Waals surface area contributed by atoms with Crippen molar-refractivity contribution in [3.8, 4) is 5.75 Å². The van der Waals surface area contributed by atoms with Crippen molar-refractivity contribution < 1.29 is 17.9 Å². The van der Waals surface area contributed by atoms with E-state index < -0.39 is 10.0 Å². The number of hydrogen-bond donors (Lipinski definition) is 0. The first-order valence-electron chi connectivity index (χ1n) is 13.3. The van der Waals surface area contributed by atoms with Gasteiger partial charge in [-0.3, -0.25) is 14.0 Å². The highest BCUT2D eigenvalue weighted by atomic mass is 32.2. The van der Waals surface area contributed by atoms with Crippen molar-refractivity contribution in [3.63, 3.8) is 0 Å². The third-order valence-electron chi connectivity index (χ3n) is 7.23. The number of amides is 1. The molecule has 7 nitrogen and oxygen atoms in total. The molecule has 5 rings (SSSR count). The van der Waals surface area contributed by atoms with Crippen molar-refractivity contribution in [1.82, 2.24) is 9.80 Å². The maximum atomic E-state index is 13.7. The minimum Gasteiger partial charge on any atom is -0.497 e. The Morgan fingerprint density at radius 1 is 0.750 bits per heavy atom. The van der Waals surface area contributed by atoms with Crippen LogP contribution in [-0.2, 0) is 14.8 Å². The number of anilines is 1. The third-order valence-corrected chi connectivity index (χ3v) is 9.02. The summed E-state index contributed by atoms with van der Waals surface area (Å²) in [6.45, 7) is 2.10. The van der Waals surface area contributed by atoms with E-state index in [2.05, 4.69) is 29.2 Å². The van der Waals surface area contributed by atoms with E-state index in [0.717, 1.165) is 0 Å². The number of piperazine rings is 1. The molecule has 0 saturated carbocycles. The first-order valence-corrected chi connectivity index (χ1v) is 14.7. The van der Waals surface area contributed by atoms with Gasteiger partial charge in [-0.25, -0.2) is 8.42 Å². The van der Waals surface area contributed by atoms with Gasteiger partial charge in [-0.15, -0.1) is 0 Å². The molecule has 0 spiro atoms. The highest BCUT2D eigenvalue weighted by Gasteiger charge is 2.32. The molecule has 0 atom stereocenters. The van der Waals surface area contributed by atoms with Crippen molar-refractivity contribution in [1.29, 1.82) is 0 Å². The zero-order valence-corrected chi connectivity index (χ0v) is 23.3. The molecule has 0 bridgehead atoms.